The average molecular weight is 308 g/mol. The monoisotopic (exact) mass is 308 g/mol. The zero-order chi connectivity index (χ0) is 15.9. The van der Waals surface area contributed by atoms with Crippen LogP contribution in [0.4, 0.5) is 0 Å². The minimum atomic E-state index is -0.0245. The van der Waals surface area contributed by atoms with Gasteiger partial charge in [-0.3, -0.25) is 9.59 Å². The first-order valence-electron chi connectivity index (χ1n) is 8.34. The lowest BCUT2D eigenvalue weighted by Gasteiger charge is -2.37. The van der Waals surface area contributed by atoms with Gasteiger partial charge in [0.05, 0.1) is 0 Å². The third-order valence-electron chi connectivity index (χ3n) is 4.89. The van der Waals surface area contributed by atoms with E-state index in [-0.39, 0.29) is 17.7 Å². The summed E-state index contributed by atoms with van der Waals surface area (Å²) in [6, 6.07) is 0. The largest absolute Gasteiger partial charge is 0.385 e. The number of hydrogen-bond donors (Lipinski definition) is 0. The zero-order valence-electron chi connectivity index (χ0n) is 13.6. The van der Waals surface area contributed by atoms with Gasteiger partial charge in [-0.05, 0) is 44.1 Å². The van der Waals surface area contributed by atoms with E-state index in [2.05, 4.69) is 6.58 Å². The Bertz CT molecular complexity index is 403. The molecular formula is C17H28N2O3. The molecule has 0 spiro atoms. The van der Waals surface area contributed by atoms with Gasteiger partial charge < -0.3 is 14.5 Å². The van der Waals surface area contributed by atoms with Crippen molar-refractivity contribution < 1.29 is 14.3 Å². The molecule has 0 saturated carbocycles. The van der Waals surface area contributed by atoms with Gasteiger partial charge in [0.25, 0.3) is 0 Å². The fourth-order valence-electron chi connectivity index (χ4n) is 3.52. The van der Waals surface area contributed by atoms with Gasteiger partial charge >= 0.3 is 0 Å². The maximum Gasteiger partial charge on any atom is 0.245 e. The highest BCUT2D eigenvalue weighted by Crippen LogP contribution is 2.25. The summed E-state index contributed by atoms with van der Waals surface area (Å²) in [6.07, 6.45) is 6.22. The second kappa shape index (κ2) is 8.32. The lowest BCUT2D eigenvalue weighted by Crippen LogP contribution is -2.47. The summed E-state index contributed by atoms with van der Waals surface area (Å²) in [5.74, 6) is 0.909. The summed E-state index contributed by atoms with van der Waals surface area (Å²) in [6.45, 7) is 7.38. The van der Waals surface area contributed by atoms with E-state index < -0.39 is 0 Å². The van der Waals surface area contributed by atoms with Crippen molar-refractivity contribution in [3.63, 3.8) is 0 Å². The first kappa shape index (κ1) is 17.0. The van der Waals surface area contributed by atoms with E-state index in [1.807, 2.05) is 4.90 Å². The minimum absolute atomic E-state index is 0.0245. The van der Waals surface area contributed by atoms with E-state index in [9.17, 15) is 9.59 Å². The van der Waals surface area contributed by atoms with Gasteiger partial charge in [0.2, 0.25) is 11.8 Å². The number of ether oxygens (including phenoxy) is 1. The van der Waals surface area contributed by atoms with Crippen molar-refractivity contribution in [2.45, 2.75) is 32.1 Å². The van der Waals surface area contributed by atoms with Crippen LogP contribution in [0.25, 0.3) is 0 Å². The molecule has 2 heterocycles. The van der Waals surface area contributed by atoms with Crippen LogP contribution in [0.15, 0.2) is 12.7 Å². The average Bonchev–Trinajstić information content (AvgIpc) is 2.59. The van der Waals surface area contributed by atoms with Crippen LogP contribution >= 0.6 is 0 Å². The van der Waals surface area contributed by atoms with Crippen LogP contribution in [0.3, 0.4) is 0 Å². The van der Waals surface area contributed by atoms with Crippen LogP contribution in [-0.4, -0.2) is 61.5 Å². The Morgan fingerprint density at radius 3 is 2.55 bits per heavy atom. The molecule has 5 heteroatoms. The van der Waals surface area contributed by atoms with Gasteiger partial charge in [-0.1, -0.05) is 6.58 Å². The van der Waals surface area contributed by atoms with Crippen LogP contribution in [0.5, 0.6) is 0 Å². The predicted molar refractivity (Wildman–Crippen MR) is 85.3 cm³/mol. The molecule has 1 unspecified atom stereocenters. The van der Waals surface area contributed by atoms with Crippen molar-refractivity contribution in [2.24, 2.45) is 11.8 Å². The normalized spacial score (nSPS) is 23.4. The molecule has 2 saturated heterocycles. The molecule has 1 atom stereocenters. The smallest absolute Gasteiger partial charge is 0.245 e. The molecule has 0 bridgehead atoms. The Morgan fingerprint density at radius 2 is 1.91 bits per heavy atom. The summed E-state index contributed by atoms with van der Waals surface area (Å²) in [5.41, 5.74) is 0. The number of amides is 2. The third-order valence-corrected chi connectivity index (χ3v) is 4.89. The Hall–Kier alpha value is -1.36. The standard InChI is InChI=1S/C17H28N2O3/c1-3-16(20)18-10-6-15(7-11-18)17(21)19-9-4-5-14(13-19)8-12-22-2/h3,14-15H,1,4-13H2,2H3. The summed E-state index contributed by atoms with van der Waals surface area (Å²) in [4.78, 5) is 28.1. The molecule has 0 aromatic rings. The van der Waals surface area contributed by atoms with Crippen LogP contribution in [0.1, 0.15) is 32.1 Å². The van der Waals surface area contributed by atoms with Crippen molar-refractivity contribution in [2.75, 3.05) is 39.9 Å². The highest BCUT2D eigenvalue weighted by molar-refractivity contribution is 5.87. The van der Waals surface area contributed by atoms with Gasteiger partial charge in [-0.25, -0.2) is 0 Å². The molecule has 0 aliphatic carbocycles. The van der Waals surface area contributed by atoms with Gasteiger partial charge in [0, 0.05) is 45.8 Å². The highest BCUT2D eigenvalue weighted by atomic mass is 16.5. The molecule has 124 valence electrons. The molecule has 2 amide bonds. The van der Waals surface area contributed by atoms with E-state index in [1.165, 1.54) is 12.5 Å². The van der Waals surface area contributed by atoms with E-state index >= 15 is 0 Å². The minimum Gasteiger partial charge on any atom is -0.385 e. The number of hydrogen-bond acceptors (Lipinski definition) is 3. The molecule has 0 aromatic heterocycles. The SMILES string of the molecule is C=CC(=O)N1CCC(C(=O)N2CCCC(CCOC)C2)CC1. The third kappa shape index (κ3) is 4.32. The maximum absolute atomic E-state index is 12.7. The van der Waals surface area contributed by atoms with Gasteiger partial charge in [0.15, 0.2) is 0 Å². The van der Waals surface area contributed by atoms with Gasteiger partial charge in [-0.15, -0.1) is 0 Å². The second-order valence-corrected chi connectivity index (χ2v) is 6.38. The molecular weight excluding hydrogens is 280 g/mol. The summed E-state index contributed by atoms with van der Waals surface area (Å²) < 4.78 is 5.15. The Balaban J connectivity index is 1.81. The molecule has 2 fully saturated rings. The van der Waals surface area contributed by atoms with Crippen LogP contribution < -0.4 is 0 Å². The van der Waals surface area contributed by atoms with E-state index in [4.69, 9.17) is 4.74 Å². The molecule has 0 radical (unpaired) electrons. The van der Waals surface area contributed by atoms with Gasteiger partial charge in [-0.2, -0.15) is 0 Å². The summed E-state index contributed by atoms with van der Waals surface area (Å²) in [7, 11) is 1.73. The van der Waals surface area contributed by atoms with Crippen molar-refractivity contribution in [1.82, 2.24) is 9.80 Å². The molecule has 2 rings (SSSR count). The fraction of sp³-hybridized carbons (Fsp3) is 0.765. The number of piperidine rings is 2. The van der Waals surface area contributed by atoms with Crippen LogP contribution in [-0.2, 0) is 14.3 Å². The number of methoxy groups -OCH3 is 1. The first-order valence-corrected chi connectivity index (χ1v) is 8.34. The molecule has 0 aromatic carbocycles. The summed E-state index contributed by atoms with van der Waals surface area (Å²) in [5, 5.41) is 0. The van der Waals surface area contributed by atoms with Gasteiger partial charge in [0.1, 0.15) is 0 Å². The zero-order valence-corrected chi connectivity index (χ0v) is 13.6. The van der Waals surface area contributed by atoms with Crippen LogP contribution in [0.2, 0.25) is 0 Å². The molecule has 5 nitrogen and oxygen atoms in total. The van der Waals surface area contributed by atoms with Crippen molar-refractivity contribution in [3.05, 3.63) is 12.7 Å². The lowest BCUT2D eigenvalue weighted by atomic mass is 9.91. The quantitative estimate of drug-likeness (QED) is 0.726. The highest BCUT2D eigenvalue weighted by Gasteiger charge is 2.31. The summed E-state index contributed by atoms with van der Waals surface area (Å²) >= 11 is 0. The Kier molecular flexibility index (Phi) is 6.43. The number of carbonyl (C=O) groups is 2. The molecule has 0 N–H and O–H groups in total. The Labute approximate surface area is 133 Å². The van der Waals surface area contributed by atoms with E-state index in [1.54, 1.807) is 12.0 Å². The first-order chi connectivity index (χ1) is 10.7. The maximum atomic E-state index is 12.7. The molecule has 22 heavy (non-hydrogen) atoms. The number of rotatable bonds is 5. The van der Waals surface area contributed by atoms with Crippen molar-refractivity contribution in [3.8, 4) is 0 Å². The van der Waals surface area contributed by atoms with E-state index in [0.29, 0.717) is 19.0 Å². The van der Waals surface area contributed by atoms with Crippen molar-refractivity contribution >= 4 is 11.8 Å². The fourth-order valence-corrected chi connectivity index (χ4v) is 3.52. The van der Waals surface area contributed by atoms with Crippen LogP contribution in [0, 0.1) is 11.8 Å². The number of nitrogens with zero attached hydrogens (tertiary/aromatic N) is 2. The second-order valence-electron chi connectivity index (χ2n) is 6.38. The number of carbonyl (C=O) groups excluding carboxylic acids is 2. The molecule has 2 aliphatic heterocycles. The van der Waals surface area contributed by atoms with E-state index in [0.717, 1.165) is 45.4 Å². The topological polar surface area (TPSA) is 49.9 Å². The Morgan fingerprint density at radius 1 is 1.18 bits per heavy atom. The number of likely N-dealkylation sites (tertiary alicyclic amines) is 2. The predicted octanol–water partition coefficient (Wildman–Crippen LogP) is 1.69. The van der Waals surface area contributed by atoms with Crippen molar-refractivity contribution in [1.29, 1.82) is 0 Å². The lowest BCUT2D eigenvalue weighted by molar-refractivity contribution is -0.141. The molecule has 2 aliphatic rings.